The molecule has 0 aromatic carbocycles. The summed E-state index contributed by atoms with van der Waals surface area (Å²) in [7, 11) is 3.17. The molecule has 2 aliphatic heterocycles. The van der Waals surface area contributed by atoms with Crippen LogP contribution in [0.2, 0.25) is 0 Å². The van der Waals surface area contributed by atoms with Crippen molar-refractivity contribution in [2.75, 3.05) is 46.9 Å². The molecule has 2 amide bonds. The number of hydrogen-bond donors (Lipinski definition) is 1. The first-order valence-corrected chi connectivity index (χ1v) is 8.63. The monoisotopic (exact) mass is 351 g/mol. The Morgan fingerprint density at radius 3 is 3.00 bits per heavy atom. The molecule has 1 N–H and O–H groups in total. The molecule has 9 nitrogen and oxygen atoms in total. The molecule has 1 spiro atoms. The molecule has 3 heterocycles. The molecule has 1 unspecified atom stereocenters. The van der Waals surface area contributed by atoms with Crippen LogP contribution in [-0.2, 0) is 16.1 Å². The van der Waals surface area contributed by atoms with Crippen molar-refractivity contribution in [1.29, 1.82) is 0 Å². The highest BCUT2D eigenvalue weighted by molar-refractivity contribution is 5.89. The van der Waals surface area contributed by atoms with Gasteiger partial charge in [-0.15, -0.1) is 0 Å². The molecule has 1 aromatic rings. The highest BCUT2D eigenvalue weighted by atomic mass is 16.5. The number of carbonyl (C=O) groups excluding carboxylic acids is 2. The highest BCUT2D eigenvalue weighted by Crippen LogP contribution is 2.40. The minimum atomic E-state index is -0.371. The van der Waals surface area contributed by atoms with E-state index in [9.17, 15) is 9.59 Å². The lowest BCUT2D eigenvalue weighted by molar-refractivity contribution is -0.146. The molecule has 3 rings (SSSR count). The van der Waals surface area contributed by atoms with Crippen LogP contribution in [0.3, 0.4) is 0 Å². The number of carbonyl (C=O) groups is 2. The summed E-state index contributed by atoms with van der Waals surface area (Å²) >= 11 is 0. The van der Waals surface area contributed by atoms with E-state index in [1.807, 2.05) is 4.90 Å². The third-order valence-corrected chi connectivity index (χ3v) is 5.08. The zero-order valence-corrected chi connectivity index (χ0v) is 14.8. The molecule has 0 radical (unpaired) electrons. The number of likely N-dealkylation sites (tertiary alicyclic amines) is 2. The van der Waals surface area contributed by atoms with E-state index in [2.05, 4.69) is 20.4 Å². The molecule has 1 atom stereocenters. The highest BCUT2D eigenvalue weighted by Gasteiger charge is 2.48. The molecule has 9 heteroatoms. The van der Waals surface area contributed by atoms with Crippen molar-refractivity contribution in [3.8, 4) is 0 Å². The largest absolute Gasteiger partial charge is 0.383 e. The average Bonchev–Trinajstić information content (AvgIpc) is 3.24. The fraction of sp³-hybridized carbons (Fsp3) is 0.750. The van der Waals surface area contributed by atoms with Gasteiger partial charge in [-0.3, -0.25) is 14.5 Å². The van der Waals surface area contributed by atoms with Crippen LogP contribution >= 0.6 is 0 Å². The number of methoxy groups -OCH3 is 1. The maximum Gasteiger partial charge on any atom is 0.292 e. The quantitative estimate of drug-likeness (QED) is 0.763. The molecule has 2 fully saturated rings. The number of nitrogens with zero attached hydrogens (tertiary/aromatic N) is 4. The lowest BCUT2D eigenvalue weighted by Gasteiger charge is -2.39. The summed E-state index contributed by atoms with van der Waals surface area (Å²) in [5.74, 6) is 0.292. The van der Waals surface area contributed by atoms with E-state index in [-0.39, 0.29) is 23.1 Å². The first-order valence-electron chi connectivity index (χ1n) is 8.63. The van der Waals surface area contributed by atoms with Crippen LogP contribution in [0, 0.1) is 5.41 Å². The number of amides is 2. The lowest BCUT2D eigenvalue weighted by Crippen LogP contribution is -2.50. The van der Waals surface area contributed by atoms with Crippen molar-refractivity contribution in [1.82, 2.24) is 25.3 Å². The third kappa shape index (κ3) is 3.67. The van der Waals surface area contributed by atoms with E-state index in [1.165, 1.54) is 7.05 Å². The molecule has 25 heavy (non-hydrogen) atoms. The van der Waals surface area contributed by atoms with E-state index < -0.39 is 0 Å². The number of aromatic nitrogens is 2. The van der Waals surface area contributed by atoms with Gasteiger partial charge in [-0.1, -0.05) is 5.16 Å². The van der Waals surface area contributed by atoms with Crippen molar-refractivity contribution < 1.29 is 18.8 Å². The van der Waals surface area contributed by atoms with Gasteiger partial charge in [0.25, 0.3) is 11.7 Å². The van der Waals surface area contributed by atoms with Crippen molar-refractivity contribution in [3.63, 3.8) is 0 Å². The summed E-state index contributed by atoms with van der Waals surface area (Å²) in [5.41, 5.74) is -0.310. The van der Waals surface area contributed by atoms with E-state index in [1.54, 1.807) is 7.11 Å². The predicted molar refractivity (Wildman–Crippen MR) is 87.7 cm³/mol. The van der Waals surface area contributed by atoms with Gasteiger partial charge in [0.15, 0.2) is 0 Å². The number of nitrogens with one attached hydrogen (secondary N) is 1. The second-order valence-corrected chi connectivity index (χ2v) is 6.72. The topological polar surface area (TPSA) is 101 Å². The molecular weight excluding hydrogens is 326 g/mol. The fourth-order valence-electron chi connectivity index (χ4n) is 3.75. The Bertz CT molecular complexity index is 634. The number of ether oxygens (including phenoxy) is 1. The van der Waals surface area contributed by atoms with E-state index in [0.717, 1.165) is 32.4 Å². The minimum absolute atomic E-state index is 0.0332. The molecule has 2 saturated heterocycles. The van der Waals surface area contributed by atoms with Crippen LogP contribution in [0.1, 0.15) is 35.8 Å². The summed E-state index contributed by atoms with van der Waals surface area (Å²) in [6.07, 6.45) is 2.77. The Morgan fingerprint density at radius 2 is 2.24 bits per heavy atom. The lowest BCUT2D eigenvalue weighted by atomic mass is 9.78. The third-order valence-electron chi connectivity index (χ3n) is 5.08. The molecule has 1 aromatic heterocycles. The second kappa shape index (κ2) is 7.49. The van der Waals surface area contributed by atoms with Crippen LogP contribution in [0.25, 0.3) is 0 Å². The number of piperidine rings is 1. The van der Waals surface area contributed by atoms with Crippen molar-refractivity contribution in [3.05, 3.63) is 11.7 Å². The Hall–Kier alpha value is -2.00. The van der Waals surface area contributed by atoms with Gasteiger partial charge in [-0.05, 0) is 25.8 Å². The molecule has 0 saturated carbocycles. The van der Waals surface area contributed by atoms with Gasteiger partial charge in [-0.25, -0.2) is 0 Å². The maximum atomic E-state index is 12.9. The van der Waals surface area contributed by atoms with Gasteiger partial charge >= 0.3 is 0 Å². The van der Waals surface area contributed by atoms with Gasteiger partial charge in [0, 0.05) is 33.8 Å². The summed E-state index contributed by atoms with van der Waals surface area (Å²) in [5, 5.41) is 6.14. The Balaban J connectivity index is 1.61. The average molecular weight is 351 g/mol. The van der Waals surface area contributed by atoms with Crippen LogP contribution in [-0.4, -0.2) is 78.7 Å². The zero-order valence-electron chi connectivity index (χ0n) is 14.8. The van der Waals surface area contributed by atoms with Crippen LogP contribution in [0.15, 0.2) is 4.52 Å². The smallest absolute Gasteiger partial charge is 0.292 e. The maximum absolute atomic E-state index is 12.9. The van der Waals surface area contributed by atoms with Gasteiger partial charge in [0.1, 0.15) is 0 Å². The Labute approximate surface area is 146 Å². The van der Waals surface area contributed by atoms with Crippen LogP contribution in [0.4, 0.5) is 0 Å². The van der Waals surface area contributed by atoms with Crippen molar-refractivity contribution in [2.24, 2.45) is 5.41 Å². The van der Waals surface area contributed by atoms with Gasteiger partial charge in [0.05, 0.1) is 18.6 Å². The number of rotatable bonds is 6. The Morgan fingerprint density at radius 1 is 1.40 bits per heavy atom. The number of hydrogen-bond acceptors (Lipinski definition) is 7. The van der Waals surface area contributed by atoms with Gasteiger partial charge in [-0.2, -0.15) is 4.98 Å². The zero-order chi connectivity index (χ0) is 17.9. The normalized spacial score (nSPS) is 24.2. The minimum Gasteiger partial charge on any atom is -0.383 e. The van der Waals surface area contributed by atoms with Gasteiger partial charge < -0.3 is 19.5 Å². The second-order valence-electron chi connectivity index (χ2n) is 6.72. The molecular formula is C16H25N5O4. The Kier molecular flexibility index (Phi) is 5.33. The van der Waals surface area contributed by atoms with Gasteiger partial charge in [0.2, 0.25) is 11.8 Å². The van der Waals surface area contributed by atoms with E-state index >= 15 is 0 Å². The summed E-state index contributed by atoms with van der Waals surface area (Å²) in [6, 6.07) is 0. The SMILES string of the molecule is CNC(=O)c1noc(CN2CCC3(CCCN(CCOC)C3=O)C2)n1. The fourth-order valence-corrected chi connectivity index (χ4v) is 3.75. The molecule has 138 valence electrons. The van der Waals surface area contributed by atoms with Crippen LogP contribution in [0.5, 0.6) is 0 Å². The van der Waals surface area contributed by atoms with E-state index in [0.29, 0.717) is 32.1 Å². The molecule has 0 bridgehead atoms. The predicted octanol–water partition coefficient (Wildman–Crippen LogP) is -0.110. The standard InChI is InChI=1S/C16H25N5O4/c1-17-14(22)13-18-12(25-19-13)10-20-7-5-16(11-20)4-3-6-21(15(16)23)8-9-24-2/h3-11H2,1-2H3,(H,17,22). The molecule has 0 aliphatic carbocycles. The summed E-state index contributed by atoms with van der Waals surface area (Å²) in [4.78, 5) is 32.6. The summed E-state index contributed by atoms with van der Waals surface area (Å²) in [6.45, 7) is 3.97. The summed E-state index contributed by atoms with van der Waals surface area (Å²) < 4.78 is 10.3. The first-order chi connectivity index (χ1) is 12.1. The first kappa shape index (κ1) is 17.8. The van der Waals surface area contributed by atoms with Crippen molar-refractivity contribution in [2.45, 2.75) is 25.8 Å². The van der Waals surface area contributed by atoms with E-state index in [4.69, 9.17) is 9.26 Å². The van der Waals surface area contributed by atoms with Crippen molar-refractivity contribution >= 4 is 11.8 Å². The molecule has 2 aliphatic rings. The van der Waals surface area contributed by atoms with Crippen LogP contribution < -0.4 is 5.32 Å².